The second-order valence-corrected chi connectivity index (χ2v) is 7.00. The molecule has 0 aliphatic rings. The van der Waals surface area contributed by atoms with Crippen molar-refractivity contribution in [3.63, 3.8) is 0 Å². The van der Waals surface area contributed by atoms with Crippen LogP contribution in [0.25, 0.3) is 0 Å². The molecular weight excluding hydrogens is 268 g/mol. The number of hydrogen-bond donors (Lipinski definition) is 1. The molecule has 4 nitrogen and oxygen atoms in total. The van der Waals surface area contributed by atoms with E-state index < -0.39 is 0 Å². The first-order valence-corrected chi connectivity index (χ1v) is 7.53. The van der Waals surface area contributed by atoms with Crippen molar-refractivity contribution in [3.05, 3.63) is 40.7 Å². The summed E-state index contributed by atoms with van der Waals surface area (Å²) in [7, 11) is 2.05. The molecular formula is C15H22N4S. The van der Waals surface area contributed by atoms with E-state index in [1.807, 2.05) is 12.3 Å². The van der Waals surface area contributed by atoms with Crippen molar-refractivity contribution in [2.75, 3.05) is 11.9 Å². The highest BCUT2D eigenvalue weighted by Gasteiger charge is 2.23. The van der Waals surface area contributed by atoms with Gasteiger partial charge >= 0.3 is 0 Å². The van der Waals surface area contributed by atoms with Gasteiger partial charge in [0.25, 0.3) is 0 Å². The van der Waals surface area contributed by atoms with Gasteiger partial charge in [-0.3, -0.25) is 4.98 Å². The predicted octanol–water partition coefficient (Wildman–Crippen LogP) is 2.93. The number of pyridine rings is 1. The average Bonchev–Trinajstić information content (AvgIpc) is 2.84. The average molecular weight is 290 g/mol. The summed E-state index contributed by atoms with van der Waals surface area (Å²) in [5, 5.41) is 1.01. The Kier molecular flexibility index (Phi) is 4.40. The van der Waals surface area contributed by atoms with Crippen LogP contribution in [0.5, 0.6) is 0 Å². The molecule has 0 amide bonds. The minimum absolute atomic E-state index is 0.0264. The maximum atomic E-state index is 5.86. The Morgan fingerprint density at radius 1 is 1.35 bits per heavy atom. The summed E-state index contributed by atoms with van der Waals surface area (Å²) in [4.78, 5) is 12.3. The molecule has 0 aliphatic carbocycles. The van der Waals surface area contributed by atoms with Crippen LogP contribution in [0.2, 0.25) is 0 Å². The highest BCUT2D eigenvalue weighted by molar-refractivity contribution is 7.15. The van der Waals surface area contributed by atoms with Crippen molar-refractivity contribution >= 4 is 16.5 Å². The van der Waals surface area contributed by atoms with E-state index in [1.54, 1.807) is 17.5 Å². The Morgan fingerprint density at radius 3 is 2.60 bits per heavy atom. The maximum absolute atomic E-state index is 5.86. The lowest BCUT2D eigenvalue weighted by Crippen LogP contribution is -2.18. The largest absolute Gasteiger partial charge is 0.347 e. The molecule has 0 unspecified atom stereocenters. The first-order valence-electron chi connectivity index (χ1n) is 6.72. The number of nitrogens with two attached hydrogens (primary N) is 1. The van der Waals surface area contributed by atoms with Crippen LogP contribution in [-0.4, -0.2) is 17.0 Å². The summed E-state index contributed by atoms with van der Waals surface area (Å²) in [5.41, 5.74) is 8.17. The number of anilines is 1. The lowest BCUT2D eigenvalue weighted by Gasteiger charge is -2.18. The molecule has 2 N–H and O–H groups in total. The van der Waals surface area contributed by atoms with Gasteiger partial charge in [-0.1, -0.05) is 26.8 Å². The molecule has 2 aromatic rings. The molecule has 0 fully saturated rings. The molecule has 2 aromatic heterocycles. The maximum Gasteiger partial charge on any atom is 0.185 e. The molecule has 0 radical (unpaired) electrons. The van der Waals surface area contributed by atoms with Crippen LogP contribution in [0.3, 0.4) is 0 Å². The first-order chi connectivity index (χ1) is 9.41. The zero-order valence-corrected chi connectivity index (χ0v) is 13.4. The van der Waals surface area contributed by atoms with Crippen molar-refractivity contribution in [1.29, 1.82) is 0 Å². The number of thiazole rings is 1. The molecule has 5 heteroatoms. The summed E-state index contributed by atoms with van der Waals surface area (Å²) in [6.07, 6.45) is 3.68. The second kappa shape index (κ2) is 5.89. The molecule has 0 aliphatic heterocycles. The van der Waals surface area contributed by atoms with Gasteiger partial charge in [0, 0.05) is 42.8 Å². The van der Waals surface area contributed by atoms with Crippen LogP contribution in [0.4, 0.5) is 5.13 Å². The second-order valence-electron chi connectivity index (χ2n) is 5.94. The third kappa shape index (κ3) is 3.35. The smallest absolute Gasteiger partial charge is 0.185 e. The minimum Gasteiger partial charge on any atom is -0.347 e. The van der Waals surface area contributed by atoms with E-state index in [-0.39, 0.29) is 5.41 Å². The summed E-state index contributed by atoms with van der Waals surface area (Å²) in [6, 6.07) is 4.03. The zero-order chi connectivity index (χ0) is 14.8. The fourth-order valence-electron chi connectivity index (χ4n) is 2.06. The van der Waals surface area contributed by atoms with Crippen LogP contribution in [0.15, 0.2) is 24.5 Å². The number of nitrogens with zero attached hydrogens (tertiary/aromatic N) is 3. The molecule has 0 saturated heterocycles. The standard InChI is InChI=1S/C15H22N4S/c1-15(2,3)13-12(8-16)20-14(18-13)19(4)10-11-6-5-7-17-9-11/h5-7,9H,8,10,16H2,1-4H3. The van der Waals surface area contributed by atoms with Crippen molar-refractivity contribution in [1.82, 2.24) is 9.97 Å². The summed E-state index contributed by atoms with van der Waals surface area (Å²) in [6.45, 7) is 7.87. The lowest BCUT2D eigenvalue weighted by molar-refractivity contribution is 0.566. The summed E-state index contributed by atoms with van der Waals surface area (Å²) < 4.78 is 0. The van der Waals surface area contributed by atoms with Crippen LogP contribution in [0, 0.1) is 0 Å². The van der Waals surface area contributed by atoms with Gasteiger partial charge in [0.2, 0.25) is 0 Å². The fraction of sp³-hybridized carbons (Fsp3) is 0.467. The number of hydrogen-bond acceptors (Lipinski definition) is 5. The number of aromatic nitrogens is 2. The van der Waals surface area contributed by atoms with Gasteiger partial charge < -0.3 is 10.6 Å². The highest BCUT2D eigenvalue weighted by Crippen LogP contribution is 2.33. The summed E-state index contributed by atoms with van der Waals surface area (Å²) in [5.74, 6) is 0. The SMILES string of the molecule is CN(Cc1cccnc1)c1nc(C(C)(C)C)c(CN)s1. The minimum atomic E-state index is 0.0264. The fourth-order valence-corrected chi connectivity index (χ4v) is 3.17. The van der Waals surface area contributed by atoms with E-state index in [0.29, 0.717) is 6.54 Å². The Labute approximate surface area is 124 Å². The van der Waals surface area contributed by atoms with Crippen molar-refractivity contribution in [3.8, 4) is 0 Å². The van der Waals surface area contributed by atoms with Crippen molar-refractivity contribution in [2.45, 2.75) is 39.3 Å². The van der Waals surface area contributed by atoms with Crippen LogP contribution in [-0.2, 0) is 18.5 Å². The zero-order valence-electron chi connectivity index (χ0n) is 12.6. The van der Waals surface area contributed by atoms with Gasteiger partial charge in [0.1, 0.15) is 0 Å². The van der Waals surface area contributed by atoms with Gasteiger partial charge in [-0.15, -0.1) is 11.3 Å². The van der Waals surface area contributed by atoms with Gasteiger partial charge in [0.15, 0.2) is 5.13 Å². The molecule has 2 rings (SSSR count). The van der Waals surface area contributed by atoms with Gasteiger partial charge in [-0.05, 0) is 11.6 Å². The molecule has 2 heterocycles. The monoisotopic (exact) mass is 290 g/mol. The molecule has 0 bridgehead atoms. The van der Waals surface area contributed by atoms with Crippen LogP contribution < -0.4 is 10.6 Å². The quantitative estimate of drug-likeness (QED) is 0.940. The van der Waals surface area contributed by atoms with Gasteiger partial charge in [-0.2, -0.15) is 0 Å². The number of rotatable bonds is 4. The Bertz CT molecular complexity index is 557. The molecule has 20 heavy (non-hydrogen) atoms. The normalized spacial score (nSPS) is 11.7. The topological polar surface area (TPSA) is 55.0 Å². The molecule has 0 spiro atoms. The third-order valence-corrected chi connectivity index (χ3v) is 4.24. The van der Waals surface area contributed by atoms with E-state index in [9.17, 15) is 0 Å². The van der Waals surface area contributed by atoms with E-state index in [4.69, 9.17) is 10.7 Å². The van der Waals surface area contributed by atoms with Crippen LogP contribution in [0.1, 0.15) is 36.9 Å². The highest BCUT2D eigenvalue weighted by atomic mass is 32.1. The van der Waals surface area contributed by atoms with Crippen LogP contribution >= 0.6 is 11.3 Å². The first kappa shape index (κ1) is 14.9. The van der Waals surface area contributed by atoms with Crippen molar-refractivity contribution in [2.24, 2.45) is 5.73 Å². The Hall–Kier alpha value is -1.46. The molecule has 108 valence electrons. The predicted molar refractivity (Wildman–Crippen MR) is 85.0 cm³/mol. The van der Waals surface area contributed by atoms with Gasteiger partial charge in [-0.25, -0.2) is 4.98 Å². The Morgan fingerprint density at radius 2 is 2.10 bits per heavy atom. The van der Waals surface area contributed by atoms with E-state index in [0.717, 1.165) is 17.4 Å². The molecule has 0 aromatic carbocycles. The van der Waals surface area contributed by atoms with Gasteiger partial charge in [0.05, 0.1) is 5.69 Å². The molecule has 0 atom stereocenters. The molecule has 0 saturated carbocycles. The van der Waals surface area contributed by atoms with E-state index >= 15 is 0 Å². The van der Waals surface area contributed by atoms with E-state index in [2.05, 4.69) is 43.8 Å². The Balaban J connectivity index is 2.23. The van der Waals surface area contributed by atoms with Crippen molar-refractivity contribution < 1.29 is 0 Å². The van der Waals surface area contributed by atoms with E-state index in [1.165, 1.54) is 10.4 Å². The third-order valence-electron chi connectivity index (χ3n) is 3.05. The summed E-state index contributed by atoms with van der Waals surface area (Å²) >= 11 is 1.68. The lowest BCUT2D eigenvalue weighted by atomic mass is 9.91.